The molecule has 0 saturated heterocycles. The van der Waals surface area contributed by atoms with Crippen molar-refractivity contribution in [2.75, 3.05) is 0 Å². The SMILES string of the molecule is Cc1ccc(C#CC(=O)O)c(F)c1. The molecule has 0 aliphatic rings. The van der Waals surface area contributed by atoms with E-state index < -0.39 is 11.8 Å². The van der Waals surface area contributed by atoms with Crippen LogP contribution in [0.5, 0.6) is 0 Å². The summed E-state index contributed by atoms with van der Waals surface area (Å²) in [5, 5.41) is 8.22. The topological polar surface area (TPSA) is 37.3 Å². The Hall–Kier alpha value is -1.82. The summed E-state index contributed by atoms with van der Waals surface area (Å²) in [5.74, 6) is 2.31. The molecule has 0 aromatic heterocycles. The number of rotatable bonds is 0. The zero-order chi connectivity index (χ0) is 9.84. The summed E-state index contributed by atoms with van der Waals surface area (Å²) in [4.78, 5) is 10.1. The fraction of sp³-hybridized carbons (Fsp3) is 0.100. The number of hydrogen-bond donors (Lipinski definition) is 1. The number of benzene rings is 1. The summed E-state index contributed by atoms with van der Waals surface area (Å²) in [7, 11) is 0. The minimum atomic E-state index is -1.26. The van der Waals surface area contributed by atoms with E-state index in [-0.39, 0.29) is 5.56 Å². The lowest BCUT2D eigenvalue weighted by Crippen LogP contribution is -1.89. The van der Waals surface area contributed by atoms with Crippen LogP contribution in [0.1, 0.15) is 11.1 Å². The van der Waals surface area contributed by atoms with E-state index in [2.05, 4.69) is 5.92 Å². The molecule has 0 fully saturated rings. The second kappa shape index (κ2) is 3.72. The van der Waals surface area contributed by atoms with Gasteiger partial charge in [-0.15, -0.1) is 0 Å². The van der Waals surface area contributed by atoms with Crippen LogP contribution < -0.4 is 0 Å². The summed E-state index contributed by atoms with van der Waals surface area (Å²) < 4.78 is 13.0. The van der Waals surface area contributed by atoms with E-state index >= 15 is 0 Å². The van der Waals surface area contributed by atoms with Gasteiger partial charge in [-0.3, -0.25) is 0 Å². The summed E-state index contributed by atoms with van der Waals surface area (Å²) in [6, 6.07) is 4.45. The van der Waals surface area contributed by atoms with Crippen molar-refractivity contribution >= 4 is 5.97 Å². The van der Waals surface area contributed by atoms with E-state index in [9.17, 15) is 9.18 Å². The molecule has 0 saturated carbocycles. The second-order valence-electron chi connectivity index (χ2n) is 2.54. The number of aryl methyl sites for hydroxylation is 1. The highest BCUT2D eigenvalue weighted by Crippen LogP contribution is 2.07. The van der Waals surface area contributed by atoms with Crippen LogP contribution in [0.4, 0.5) is 4.39 Å². The van der Waals surface area contributed by atoms with Crippen LogP contribution in [0.3, 0.4) is 0 Å². The van der Waals surface area contributed by atoms with Crippen LogP contribution in [0.25, 0.3) is 0 Å². The first kappa shape index (κ1) is 9.27. The molecule has 0 radical (unpaired) electrons. The molecule has 2 nitrogen and oxygen atoms in total. The van der Waals surface area contributed by atoms with E-state index in [0.717, 1.165) is 5.56 Å². The molecule has 13 heavy (non-hydrogen) atoms. The van der Waals surface area contributed by atoms with Gasteiger partial charge in [0.2, 0.25) is 0 Å². The molecule has 0 heterocycles. The maximum absolute atomic E-state index is 13.0. The number of carbonyl (C=O) groups is 1. The lowest BCUT2D eigenvalue weighted by molar-refractivity contribution is -0.130. The van der Waals surface area contributed by atoms with Gasteiger partial charge in [0.15, 0.2) is 0 Å². The Morgan fingerprint density at radius 2 is 2.23 bits per heavy atom. The number of carboxylic acid groups (broad SMARTS) is 1. The number of aliphatic carboxylic acids is 1. The van der Waals surface area contributed by atoms with Crippen LogP contribution >= 0.6 is 0 Å². The Labute approximate surface area is 75.0 Å². The van der Waals surface area contributed by atoms with Gasteiger partial charge in [-0.05, 0) is 24.6 Å². The molecule has 0 spiro atoms. The molecule has 1 N–H and O–H groups in total. The van der Waals surface area contributed by atoms with Gasteiger partial charge in [-0.25, -0.2) is 9.18 Å². The van der Waals surface area contributed by atoms with Crippen molar-refractivity contribution in [1.29, 1.82) is 0 Å². The molecule has 0 atom stereocenters. The van der Waals surface area contributed by atoms with Gasteiger partial charge in [0, 0.05) is 5.92 Å². The fourth-order valence-corrected chi connectivity index (χ4v) is 0.842. The summed E-state index contributed by atoms with van der Waals surface area (Å²) >= 11 is 0. The molecule has 0 aliphatic heterocycles. The second-order valence-corrected chi connectivity index (χ2v) is 2.54. The van der Waals surface area contributed by atoms with E-state index in [1.807, 2.05) is 5.92 Å². The first-order chi connectivity index (χ1) is 6.09. The van der Waals surface area contributed by atoms with Crippen LogP contribution in [-0.4, -0.2) is 11.1 Å². The molecule has 66 valence electrons. The van der Waals surface area contributed by atoms with E-state index in [1.165, 1.54) is 12.1 Å². The molecule has 1 aromatic rings. The lowest BCUT2D eigenvalue weighted by Gasteiger charge is -1.94. The number of carboxylic acids is 1. The van der Waals surface area contributed by atoms with Gasteiger partial charge in [-0.2, -0.15) is 0 Å². The lowest BCUT2D eigenvalue weighted by atomic mass is 10.1. The predicted molar refractivity (Wildman–Crippen MR) is 45.7 cm³/mol. The van der Waals surface area contributed by atoms with E-state index in [0.29, 0.717) is 0 Å². The minimum absolute atomic E-state index is 0.105. The van der Waals surface area contributed by atoms with Crippen molar-refractivity contribution in [3.63, 3.8) is 0 Å². The van der Waals surface area contributed by atoms with Crippen LogP contribution in [0.2, 0.25) is 0 Å². The zero-order valence-electron chi connectivity index (χ0n) is 6.97. The quantitative estimate of drug-likeness (QED) is 0.612. The van der Waals surface area contributed by atoms with Crippen molar-refractivity contribution < 1.29 is 14.3 Å². The van der Waals surface area contributed by atoms with Crippen LogP contribution in [0, 0.1) is 24.6 Å². The normalized spacial score (nSPS) is 8.77. The standard InChI is InChI=1S/C10H7FO2/c1-7-2-3-8(9(11)6-7)4-5-10(12)13/h2-3,6H,1H3,(H,12,13). The minimum Gasteiger partial charge on any atom is -0.472 e. The van der Waals surface area contributed by atoms with Gasteiger partial charge in [0.05, 0.1) is 5.56 Å². The van der Waals surface area contributed by atoms with Crippen molar-refractivity contribution in [3.8, 4) is 11.8 Å². The summed E-state index contributed by atoms with van der Waals surface area (Å²) in [6.45, 7) is 1.75. The molecule has 1 rings (SSSR count). The van der Waals surface area contributed by atoms with Crippen molar-refractivity contribution in [3.05, 3.63) is 35.1 Å². The smallest absolute Gasteiger partial charge is 0.382 e. The first-order valence-electron chi connectivity index (χ1n) is 3.60. The molecule has 0 bridgehead atoms. The number of hydrogen-bond acceptors (Lipinski definition) is 1. The highest BCUT2D eigenvalue weighted by molar-refractivity contribution is 5.87. The molecular formula is C10H7FO2. The molecule has 3 heteroatoms. The maximum atomic E-state index is 13.0. The van der Waals surface area contributed by atoms with Crippen LogP contribution in [0.15, 0.2) is 18.2 Å². The average molecular weight is 178 g/mol. The van der Waals surface area contributed by atoms with Crippen LogP contribution in [-0.2, 0) is 4.79 Å². The molecule has 0 aliphatic carbocycles. The van der Waals surface area contributed by atoms with Crippen molar-refractivity contribution in [2.24, 2.45) is 0 Å². The summed E-state index contributed by atoms with van der Waals surface area (Å²) in [5.41, 5.74) is 0.881. The van der Waals surface area contributed by atoms with Crippen molar-refractivity contribution in [1.82, 2.24) is 0 Å². The Kier molecular flexibility index (Phi) is 2.65. The first-order valence-corrected chi connectivity index (χ1v) is 3.60. The third-order valence-corrected chi connectivity index (χ3v) is 1.43. The fourth-order valence-electron chi connectivity index (χ4n) is 0.842. The molecular weight excluding hydrogens is 171 g/mol. The third-order valence-electron chi connectivity index (χ3n) is 1.43. The van der Waals surface area contributed by atoms with Gasteiger partial charge in [0.1, 0.15) is 5.82 Å². The Morgan fingerprint density at radius 1 is 1.54 bits per heavy atom. The third kappa shape index (κ3) is 2.60. The van der Waals surface area contributed by atoms with E-state index in [4.69, 9.17) is 5.11 Å². The van der Waals surface area contributed by atoms with Gasteiger partial charge >= 0.3 is 5.97 Å². The highest BCUT2D eigenvalue weighted by atomic mass is 19.1. The Bertz CT molecular complexity index is 399. The molecule has 0 unspecified atom stereocenters. The average Bonchev–Trinajstić information content (AvgIpc) is 2.02. The van der Waals surface area contributed by atoms with Gasteiger partial charge < -0.3 is 5.11 Å². The Balaban J connectivity index is 3.05. The molecule has 0 amide bonds. The predicted octanol–water partition coefficient (Wildman–Crippen LogP) is 1.57. The highest BCUT2D eigenvalue weighted by Gasteiger charge is 1.98. The van der Waals surface area contributed by atoms with E-state index in [1.54, 1.807) is 13.0 Å². The zero-order valence-corrected chi connectivity index (χ0v) is 6.97. The van der Waals surface area contributed by atoms with Gasteiger partial charge in [-0.1, -0.05) is 12.0 Å². The largest absolute Gasteiger partial charge is 0.472 e. The summed E-state index contributed by atoms with van der Waals surface area (Å²) in [6.07, 6.45) is 0. The van der Waals surface area contributed by atoms with Crippen molar-refractivity contribution in [2.45, 2.75) is 6.92 Å². The van der Waals surface area contributed by atoms with Gasteiger partial charge in [0.25, 0.3) is 0 Å². The number of halogens is 1. The maximum Gasteiger partial charge on any atom is 0.382 e. The molecule has 1 aromatic carbocycles. The Morgan fingerprint density at radius 3 is 2.77 bits per heavy atom. The monoisotopic (exact) mass is 178 g/mol.